The lowest BCUT2D eigenvalue weighted by molar-refractivity contribution is 0.0603. The summed E-state index contributed by atoms with van der Waals surface area (Å²) in [5, 5.41) is 13.2. The Bertz CT molecular complexity index is 797. The highest BCUT2D eigenvalue weighted by molar-refractivity contribution is 6.03. The molecule has 2 aromatic rings. The van der Waals surface area contributed by atoms with E-state index in [1.807, 2.05) is 0 Å². The van der Waals surface area contributed by atoms with Crippen LogP contribution in [-0.4, -0.2) is 62.7 Å². The van der Waals surface area contributed by atoms with Gasteiger partial charge < -0.3 is 10.0 Å². The molecule has 0 spiro atoms. The summed E-state index contributed by atoms with van der Waals surface area (Å²) in [6.45, 7) is 2.56. The molecule has 0 radical (unpaired) electrons. The predicted molar refractivity (Wildman–Crippen MR) is 87.7 cm³/mol. The maximum atomic E-state index is 13.7. The first-order valence-electron chi connectivity index (χ1n) is 7.97. The molecule has 3 rings (SSSR count). The summed E-state index contributed by atoms with van der Waals surface area (Å²) in [6.07, 6.45) is 1.32. The minimum Gasteiger partial charge on any atom is -0.478 e. The summed E-state index contributed by atoms with van der Waals surface area (Å²) < 4.78 is 15.1. The lowest BCUT2D eigenvalue weighted by atomic mass is 10.1. The second-order valence-electron chi connectivity index (χ2n) is 6.03. The summed E-state index contributed by atoms with van der Waals surface area (Å²) in [7, 11) is 1.58. The fraction of sp³-hybridized carbons (Fsp3) is 0.353. The van der Waals surface area contributed by atoms with Gasteiger partial charge in [0.25, 0.3) is 5.91 Å². The Morgan fingerprint density at radius 1 is 1.20 bits per heavy atom. The van der Waals surface area contributed by atoms with Gasteiger partial charge in [0.1, 0.15) is 11.4 Å². The van der Waals surface area contributed by atoms with Crippen LogP contribution in [0, 0.1) is 5.82 Å². The number of nitrogens with zero attached hydrogens (tertiary/aromatic N) is 4. The van der Waals surface area contributed by atoms with E-state index in [1.54, 1.807) is 30.1 Å². The number of benzene rings is 1. The number of carbonyl (C=O) groups excluding carboxylic acids is 1. The molecule has 25 heavy (non-hydrogen) atoms. The van der Waals surface area contributed by atoms with Crippen molar-refractivity contribution in [1.29, 1.82) is 0 Å². The van der Waals surface area contributed by atoms with E-state index in [9.17, 15) is 19.1 Å². The van der Waals surface area contributed by atoms with E-state index in [2.05, 4.69) is 10.00 Å². The summed E-state index contributed by atoms with van der Waals surface area (Å²) in [6, 6.07) is 6.64. The number of halogens is 1. The summed E-state index contributed by atoms with van der Waals surface area (Å²) >= 11 is 0. The molecular weight excluding hydrogens is 327 g/mol. The van der Waals surface area contributed by atoms with Gasteiger partial charge in [-0.3, -0.25) is 14.4 Å². The zero-order valence-corrected chi connectivity index (χ0v) is 13.9. The van der Waals surface area contributed by atoms with Crippen LogP contribution in [0.1, 0.15) is 26.4 Å². The van der Waals surface area contributed by atoms with Crippen LogP contribution in [0.5, 0.6) is 0 Å². The number of carboxylic acids is 1. The summed E-state index contributed by atoms with van der Waals surface area (Å²) in [5.74, 6) is -1.79. The van der Waals surface area contributed by atoms with Crippen molar-refractivity contribution in [2.45, 2.75) is 6.54 Å². The molecule has 132 valence electrons. The van der Waals surface area contributed by atoms with E-state index in [1.165, 1.54) is 16.9 Å². The van der Waals surface area contributed by atoms with Crippen molar-refractivity contribution < 1.29 is 19.1 Å². The normalized spacial score (nSPS) is 15.4. The van der Waals surface area contributed by atoms with Crippen LogP contribution in [0.4, 0.5) is 4.39 Å². The van der Waals surface area contributed by atoms with Gasteiger partial charge in [-0.05, 0) is 6.07 Å². The molecule has 2 heterocycles. The first-order chi connectivity index (χ1) is 12.0. The first-order valence-corrected chi connectivity index (χ1v) is 7.97. The van der Waals surface area contributed by atoms with Crippen LogP contribution in [0.3, 0.4) is 0 Å². The third-order valence-corrected chi connectivity index (χ3v) is 4.27. The molecule has 1 amide bonds. The number of hydrogen-bond donors (Lipinski definition) is 1. The first kappa shape index (κ1) is 17.1. The molecule has 1 aliphatic heterocycles. The minimum absolute atomic E-state index is 0.0439. The highest BCUT2D eigenvalue weighted by Gasteiger charge is 2.28. The van der Waals surface area contributed by atoms with Crippen molar-refractivity contribution in [1.82, 2.24) is 19.6 Å². The van der Waals surface area contributed by atoms with Crippen LogP contribution in [0.15, 0.2) is 30.5 Å². The number of rotatable bonds is 4. The molecule has 8 heteroatoms. The number of carboxylic acid groups (broad SMARTS) is 1. The van der Waals surface area contributed by atoms with Gasteiger partial charge in [0.05, 0.1) is 0 Å². The van der Waals surface area contributed by atoms with Gasteiger partial charge in [0, 0.05) is 51.5 Å². The Balaban J connectivity index is 1.63. The average Bonchev–Trinajstić information content (AvgIpc) is 2.99. The fourth-order valence-corrected chi connectivity index (χ4v) is 2.93. The van der Waals surface area contributed by atoms with Crippen molar-refractivity contribution in [2.75, 3.05) is 26.2 Å². The molecule has 1 aromatic heterocycles. The maximum Gasteiger partial charge on any atom is 0.339 e. The third kappa shape index (κ3) is 3.69. The molecule has 1 aliphatic rings. The quantitative estimate of drug-likeness (QED) is 0.900. The predicted octanol–water partition coefficient (Wildman–Crippen LogP) is 1.22. The molecule has 0 unspecified atom stereocenters. The van der Waals surface area contributed by atoms with Crippen molar-refractivity contribution in [3.8, 4) is 0 Å². The molecule has 1 fully saturated rings. The molecule has 0 aliphatic carbocycles. The number of piperazine rings is 1. The third-order valence-electron chi connectivity index (χ3n) is 4.27. The largest absolute Gasteiger partial charge is 0.478 e. The van der Waals surface area contributed by atoms with Gasteiger partial charge in [0.2, 0.25) is 0 Å². The van der Waals surface area contributed by atoms with E-state index in [4.69, 9.17) is 0 Å². The molecule has 1 aromatic carbocycles. The Morgan fingerprint density at radius 3 is 2.52 bits per heavy atom. The number of amides is 1. The Hall–Kier alpha value is -2.74. The van der Waals surface area contributed by atoms with E-state index >= 15 is 0 Å². The molecule has 0 bridgehead atoms. The zero-order valence-electron chi connectivity index (χ0n) is 13.9. The number of aromatic carboxylic acids is 1. The molecular formula is C17H19FN4O3. The van der Waals surface area contributed by atoms with E-state index in [0.29, 0.717) is 38.3 Å². The van der Waals surface area contributed by atoms with E-state index in [0.717, 1.165) is 0 Å². The summed E-state index contributed by atoms with van der Waals surface area (Å²) in [5.41, 5.74) is 0.485. The van der Waals surface area contributed by atoms with Crippen molar-refractivity contribution in [2.24, 2.45) is 7.05 Å². The SMILES string of the molecule is Cn1cc(C(=O)O)c(C(=O)N2CCN(Cc3ccccc3F)CC2)n1. The lowest BCUT2D eigenvalue weighted by Crippen LogP contribution is -2.48. The van der Waals surface area contributed by atoms with Crippen molar-refractivity contribution in [3.05, 3.63) is 53.1 Å². The Labute approximate surface area is 144 Å². The van der Waals surface area contributed by atoms with Gasteiger partial charge in [-0.1, -0.05) is 18.2 Å². The molecule has 1 saturated heterocycles. The van der Waals surface area contributed by atoms with Crippen LogP contribution < -0.4 is 0 Å². The maximum absolute atomic E-state index is 13.7. The highest BCUT2D eigenvalue weighted by Crippen LogP contribution is 2.15. The summed E-state index contributed by atoms with van der Waals surface area (Å²) in [4.78, 5) is 27.5. The molecule has 0 atom stereocenters. The van der Waals surface area contributed by atoms with Gasteiger partial charge in [-0.2, -0.15) is 5.10 Å². The van der Waals surface area contributed by atoms with Gasteiger partial charge >= 0.3 is 5.97 Å². The van der Waals surface area contributed by atoms with Crippen LogP contribution in [0.2, 0.25) is 0 Å². The van der Waals surface area contributed by atoms with Crippen molar-refractivity contribution >= 4 is 11.9 Å². The van der Waals surface area contributed by atoms with E-state index < -0.39 is 5.97 Å². The van der Waals surface area contributed by atoms with Crippen LogP contribution >= 0.6 is 0 Å². The topological polar surface area (TPSA) is 78.7 Å². The smallest absolute Gasteiger partial charge is 0.339 e. The molecule has 0 saturated carbocycles. The lowest BCUT2D eigenvalue weighted by Gasteiger charge is -2.34. The van der Waals surface area contributed by atoms with Crippen LogP contribution in [-0.2, 0) is 13.6 Å². The molecule has 7 nitrogen and oxygen atoms in total. The number of aromatic nitrogens is 2. The average molecular weight is 346 g/mol. The highest BCUT2D eigenvalue weighted by atomic mass is 19.1. The number of aryl methyl sites for hydroxylation is 1. The molecule has 1 N–H and O–H groups in total. The van der Waals surface area contributed by atoms with Gasteiger partial charge in [0.15, 0.2) is 5.69 Å². The Morgan fingerprint density at radius 2 is 1.88 bits per heavy atom. The monoisotopic (exact) mass is 346 g/mol. The minimum atomic E-state index is -1.17. The van der Waals surface area contributed by atoms with E-state index in [-0.39, 0.29) is 23.0 Å². The fourth-order valence-electron chi connectivity index (χ4n) is 2.93. The van der Waals surface area contributed by atoms with Gasteiger partial charge in [-0.25, -0.2) is 9.18 Å². The number of hydrogen-bond acceptors (Lipinski definition) is 4. The standard InChI is InChI=1S/C17H19FN4O3/c1-20-11-13(17(24)25)15(19-20)16(23)22-8-6-21(7-9-22)10-12-4-2-3-5-14(12)18/h2-5,11H,6-10H2,1H3,(H,24,25). The number of carbonyl (C=O) groups is 2. The van der Waals surface area contributed by atoms with Gasteiger partial charge in [-0.15, -0.1) is 0 Å². The zero-order chi connectivity index (χ0) is 18.0. The van der Waals surface area contributed by atoms with Crippen molar-refractivity contribution in [3.63, 3.8) is 0 Å². The van der Waals surface area contributed by atoms with Crippen LogP contribution in [0.25, 0.3) is 0 Å². The second kappa shape index (κ2) is 7.02. The Kier molecular flexibility index (Phi) is 4.80. The second-order valence-corrected chi connectivity index (χ2v) is 6.03.